The van der Waals surface area contributed by atoms with Crippen LogP contribution >= 0.6 is 11.8 Å². The quantitative estimate of drug-likeness (QED) is 0.721. The summed E-state index contributed by atoms with van der Waals surface area (Å²) in [5.41, 5.74) is 5.90. The Balaban J connectivity index is 2.22. The topological polar surface area (TPSA) is 29.3 Å². The summed E-state index contributed by atoms with van der Waals surface area (Å²) < 4.78 is 0. The number of hydrogen-bond acceptors (Lipinski definition) is 3. The average Bonchev–Trinajstić information content (AvgIpc) is 2.04. The van der Waals surface area contributed by atoms with E-state index in [-0.39, 0.29) is 0 Å². The van der Waals surface area contributed by atoms with Gasteiger partial charge in [0.25, 0.3) is 0 Å². The van der Waals surface area contributed by atoms with Crippen molar-refractivity contribution in [1.29, 1.82) is 0 Å². The van der Waals surface area contributed by atoms with Crippen molar-refractivity contribution in [2.75, 3.05) is 25.4 Å². The largest absolute Gasteiger partial charge is 0.327 e. The van der Waals surface area contributed by atoms with Gasteiger partial charge in [-0.25, -0.2) is 0 Å². The first-order chi connectivity index (χ1) is 5.72. The van der Waals surface area contributed by atoms with Crippen LogP contribution in [0.15, 0.2) is 0 Å². The Morgan fingerprint density at radius 1 is 1.67 bits per heavy atom. The smallest absolute Gasteiger partial charge is 0.0165 e. The van der Waals surface area contributed by atoms with Crippen molar-refractivity contribution in [2.45, 2.75) is 31.6 Å². The van der Waals surface area contributed by atoms with E-state index in [1.807, 2.05) is 0 Å². The standard InChI is InChI=1S/C9H20N2S/c1-3-9(10)7-11-4-5-12-8(2)6-11/h8-9H,3-7,10H2,1-2H3. The van der Waals surface area contributed by atoms with Gasteiger partial charge in [-0.15, -0.1) is 0 Å². The van der Waals surface area contributed by atoms with Gasteiger partial charge in [0.2, 0.25) is 0 Å². The second kappa shape index (κ2) is 5.10. The summed E-state index contributed by atoms with van der Waals surface area (Å²) in [6.07, 6.45) is 1.10. The van der Waals surface area contributed by atoms with Gasteiger partial charge in [-0.1, -0.05) is 13.8 Å². The maximum Gasteiger partial charge on any atom is 0.0165 e. The molecular formula is C9H20N2S. The first kappa shape index (κ1) is 10.4. The lowest BCUT2D eigenvalue weighted by Crippen LogP contribution is -2.43. The first-order valence-corrected chi connectivity index (χ1v) is 5.86. The highest BCUT2D eigenvalue weighted by molar-refractivity contribution is 7.99. The number of hydrogen-bond donors (Lipinski definition) is 1. The normalized spacial score (nSPS) is 28.8. The van der Waals surface area contributed by atoms with Crippen LogP contribution in [0.25, 0.3) is 0 Å². The maximum atomic E-state index is 5.90. The average molecular weight is 188 g/mol. The maximum absolute atomic E-state index is 5.90. The molecule has 1 rings (SSSR count). The molecule has 0 aromatic rings. The fourth-order valence-corrected chi connectivity index (χ4v) is 2.60. The van der Waals surface area contributed by atoms with Crippen molar-refractivity contribution in [3.63, 3.8) is 0 Å². The molecule has 0 spiro atoms. The lowest BCUT2D eigenvalue weighted by molar-refractivity contribution is 0.266. The summed E-state index contributed by atoms with van der Waals surface area (Å²) >= 11 is 2.07. The molecule has 2 N–H and O–H groups in total. The summed E-state index contributed by atoms with van der Waals surface area (Å²) in [5, 5.41) is 0.794. The molecule has 0 aromatic heterocycles. The zero-order valence-electron chi connectivity index (χ0n) is 8.12. The Labute approximate surface area is 79.9 Å². The lowest BCUT2D eigenvalue weighted by Gasteiger charge is -2.32. The second-order valence-corrected chi connectivity index (χ2v) is 5.16. The number of nitrogens with zero attached hydrogens (tertiary/aromatic N) is 1. The van der Waals surface area contributed by atoms with Crippen LogP contribution in [0.5, 0.6) is 0 Å². The van der Waals surface area contributed by atoms with E-state index in [4.69, 9.17) is 5.73 Å². The molecule has 0 aliphatic carbocycles. The van der Waals surface area contributed by atoms with E-state index in [1.54, 1.807) is 0 Å². The first-order valence-electron chi connectivity index (χ1n) is 4.82. The van der Waals surface area contributed by atoms with Gasteiger partial charge >= 0.3 is 0 Å². The summed E-state index contributed by atoms with van der Waals surface area (Å²) in [7, 11) is 0. The van der Waals surface area contributed by atoms with Crippen LogP contribution in [0.4, 0.5) is 0 Å². The van der Waals surface area contributed by atoms with Gasteiger partial charge in [0.05, 0.1) is 0 Å². The molecule has 2 unspecified atom stereocenters. The molecule has 3 heteroatoms. The van der Waals surface area contributed by atoms with Crippen molar-refractivity contribution >= 4 is 11.8 Å². The lowest BCUT2D eigenvalue weighted by atomic mass is 10.2. The van der Waals surface area contributed by atoms with Crippen LogP contribution in [0.2, 0.25) is 0 Å². The van der Waals surface area contributed by atoms with Crippen LogP contribution in [0, 0.1) is 0 Å². The number of thioether (sulfide) groups is 1. The van der Waals surface area contributed by atoms with Crippen LogP contribution in [0.1, 0.15) is 20.3 Å². The van der Waals surface area contributed by atoms with Crippen molar-refractivity contribution in [3.8, 4) is 0 Å². The minimum atomic E-state index is 0.375. The molecule has 1 saturated heterocycles. The molecule has 1 aliphatic rings. The SMILES string of the molecule is CCC(N)CN1CCSC(C)C1. The fraction of sp³-hybridized carbons (Fsp3) is 1.00. The zero-order chi connectivity index (χ0) is 8.97. The molecule has 12 heavy (non-hydrogen) atoms. The molecule has 0 amide bonds. The molecule has 2 nitrogen and oxygen atoms in total. The van der Waals surface area contributed by atoms with Crippen LogP contribution in [-0.2, 0) is 0 Å². The minimum Gasteiger partial charge on any atom is -0.327 e. The van der Waals surface area contributed by atoms with E-state index in [9.17, 15) is 0 Å². The molecule has 0 radical (unpaired) electrons. The minimum absolute atomic E-state index is 0.375. The predicted octanol–water partition coefficient (Wildman–Crippen LogP) is 1.16. The monoisotopic (exact) mass is 188 g/mol. The molecule has 1 heterocycles. The number of nitrogens with two attached hydrogens (primary N) is 1. The van der Waals surface area contributed by atoms with Crippen LogP contribution in [0.3, 0.4) is 0 Å². The molecule has 2 atom stereocenters. The van der Waals surface area contributed by atoms with Crippen molar-refractivity contribution < 1.29 is 0 Å². The van der Waals surface area contributed by atoms with E-state index < -0.39 is 0 Å². The van der Waals surface area contributed by atoms with Crippen LogP contribution < -0.4 is 5.73 Å². The predicted molar refractivity (Wildman–Crippen MR) is 56.6 cm³/mol. The molecular weight excluding hydrogens is 168 g/mol. The zero-order valence-corrected chi connectivity index (χ0v) is 8.94. The highest BCUT2D eigenvalue weighted by Crippen LogP contribution is 2.17. The molecule has 1 fully saturated rings. The molecule has 0 bridgehead atoms. The van der Waals surface area contributed by atoms with E-state index in [1.165, 1.54) is 18.8 Å². The third-order valence-corrected chi connectivity index (χ3v) is 3.48. The molecule has 0 aromatic carbocycles. The number of rotatable bonds is 3. The fourth-order valence-electron chi connectivity index (χ4n) is 1.52. The van der Waals surface area contributed by atoms with Crippen molar-refractivity contribution in [3.05, 3.63) is 0 Å². The van der Waals surface area contributed by atoms with Gasteiger partial charge in [0.1, 0.15) is 0 Å². The second-order valence-electron chi connectivity index (χ2n) is 3.61. The van der Waals surface area contributed by atoms with Crippen LogP contribution in [-0.4, -0.2) is 41.6 Å². The van der Waals surface area contributed by atoms with E-state index in [2.05, 4.69) is 30.5 Å². The summed E-state index contributed by atoms with van der Waals surface area (Å²) in [6, 6.07) is 0.375. The van der Waals surface area contributed by atoms with Gasteiger partial charge in [-0.05, 0) is 6.42 Å². The Hall–Kier alpha value is 0.270. The summed E-state index contributed by atoms with van der Waals surface area (Å²) in [5.74, 6) is 1.28. The Morgan fingerprint density at radius 3 is 3.00 bits per heavy atom. The van der Waals surface area contributed by atoms with Crippen molar-refractivity contribution in [1.82, 2.24) is 4.90 Å². The third-order valence-electron chi connectivity index (χ3n) is 2.34. The molecule has 72 valence electrons. The Morgan fingerprint density at radius 2 is 2.42 bits per heavy atom. The van der Waals surface area contributed by atoms with Gasteiger partial charge in [-0.2, -0.15) is 11.8 Å². The highest BCUT2D eigenvalue weighted by atomic mass is 32.2. The van der Waals surface area contributed by atoms with E-state index in [0.29, 0.717) is 6.04 Å². The van der Waals surface area contributed by atoms with Gasteiger partial charge in [0, 0.05) is 36.7 Å². The van der Waals surface area contributed by atoms with E-state index >= 15 is 0 Å². The summed E-state index contributed by atoms with van der Waals surface area (Å²) in [4.78, 5) is 2.50. The van der Waals surface area contributed by atoms with Gasteiger partial charge in [-0.3, -0.25) is 4.90 Å². The van der Waals surface area contributed by atoms with Gasteiger partial charge < -0.3 is 5.73 Å². The molecule has 1 aliphatic heterocycles. The summed E-state index contributed by atoms with van der Waals surface area (Å²) in [6.45, 7) is 7.99. The third kappa shape index (κ3) is 3.33. The highest BCUT2D eigenvalue weighted by Gasteiger charge is 2.17. The van der Waals surface area contributed by atoms with Crippen molar-refractivity contribution in [2.24, 2.45) is 5.73 Å². The van der Waals surface area contributed by atoms with Gasteiger partial charge in [0.15, 0.2) is 0 Å². The molecule has 0 saturated carbocycles. The van der Waals surface area contributed by atoms with E-state index in [0.717, 1.165) is 18.2 Å². The Kier molecular flexibility index (Phi) is 4.40. The Bertz CT molecular complexity index is 130.